The van der Waals surface area contributed by atoms with E-state index in [0.29, 0.717) is 0 Å². The number of hydrogen-bond donors (Lipinski definition) is 0. The Morgan fingerprint density at radius 1 is 1.38 bits per heavy atom. The molecular formula is C7H12O. The minimum absolute atomic E-state index is 1.17. The van der Waals surface area contributed by atoms with Crippen LogP contribution in [0.25, 0.3) is 0 Å². The van der Waals surface area contributed by atoms with E-state index in [9.17, 15) is 0 Å². The lowest BCUT2D eigenvalue weighted by Gasteiger charge is -1.88. The molecule has 0 aromatic carbocycles. The maximum atomic E-state index is 4.90. The molecular weight excluding hydrogens is 100 g/mol. The van der Waals surface area contributed by atoms with E-state index in [4.69, 9.17) is 4.74 Å². The normalized spacial score (nSPS) is 9.38. The van der Waals surface area contributed by atoms with Crippen LogP contribution in [0.4, 0.5) is 0 Å². The average Bonchev–Trinajstić information content (AvgIpc) is 1.66. The molecule has 0 N–H and O–H groups in total. The first-order valence-electron chi connectivity index (χ1n) is 2.67. The zero-order valence-corrected chi connectivity index (χ0v) is 5.64. The van der Waals surface area contributed by atoms with Crippen molar-refractivity contribution in [1.29, 1.82) is 0 Å². The van der Waals surface area contributed by atoms with Gasteiger partial charge in [-0.05, 0) is 26.3 Å². The summed E-state index contributed by atoms with van der Waals surface area (Å²) in [5.74, 6) is 0. The van der Waals surface area contributed by atoms with E-state index < -0.39 is 0 Å². The van der Waals surface area contributed by atoms with E-state index in [1.54, 1.807) is 12.5 Å². The average molecular weight is 112 g/mol. The molecule has 0 rings (SSSR count). The number of hydrogen-bond acceptors (Lipinski definition) is 1. The fraction of sp³-hybridized carbons (Fsp3) is 0.429. The van der Waals surface area contributed by atoms with Gasteiger partial charge in [0.15, 0.2) is 0 Å². The van der Waals surface area contributed by atoms with Crippen LogP contribution in [0.5, 0.6) is 0 Å². The highest BCUT2D eigenvalue weighted by atomic mass is 16.5. The molecule has 0 unspecified atom stereocenters. The van der Waals surface area contributed by atoms with Gasteiger partial charge in [-0.3, -0.25) is 0 Å². The van der Waals surface area contributed by atoms with Crippen LogP contribution in [0.3, 0.4) is 0 Å². The highest BCUT2D eigenvalue weighted by Crippen LogP contribution is 1.88. The molecule has 1 heteroatoms. The Bertz CT molecular complexity index is 97.0. The van der Waals surface area contributed by atoms with Crippen LogP contribution >= 0.6 is 0 Å². The molecule has 0 aromatic rings. The molecule has 0 amide bonds. The van der Waals surface area contributed by atoms with Crippen molar-refractivity contribution in [2.45, 2.75) is 20.8 Å². The quantitative estimate of drug-likeness (QED) is 0.498. The van der Waals surface area contributed by atoms with Crippen LogP contribution in [-0.2, 0) is 4.74 Å². The van der Waals surface area contributed by atoms with Crippen LogP contribution in [0.2, 0.25) is 0 Å². The maximum absolute atomic E-state index is 4.90. The second-order valence-electron chi connectivity index (χ2n) is 1.80. The van der Waals surface area contributed by atoms with Gasteiger partial charge < -0.3 is 4.74 Å². The van der Waals surface area contributed by atoms with Crippen LogP contribution in [0, 0.1) is 0 Å². The van der Waals surface area contributed by atoms with Gasteiger partial charge in [-0.1, -0.05) is 6.08 Å². The second kappa shape index (κ2) is 4.44. The van der Waals surface area contributed by atoms with E-state index >= 15 is 0 Å². The largest absolute Gasteiger partial charge is 0.473 e. The summed E-state index contributed by atoms with van der Waals surface area (Å²) >= 11 is 0. The molecule has 0 spiro atoms. The smallest absolute Gasteiger partial charge is 0.0887 e. The Labute approximate surface area is 50.7 Å². The minimum atomic E-state index is 1.17. The van der Waals surface area contributed by atoms with Crippen LogP contribution in [0.15, 0.2) is 24.2 Å². The molecule has 0 aromatic heterocycles. The van der Waals surface area contributed by atoms with Gasteiger partial charge in [0.2, 0.25) is 0 Å². The summed E-state index contributed by atoms with van der Waals surface area (Å²) in [6.07, 6.45) is 5.20. The Morgan fingerprint density at radius 2 is 2.00 bits per heavy atom. The van der Waals surface area contributed by atoms with Gasteiger partial charge in [0, 0.05) is 0 Å². The third-order valence-electron chi connectivity index (χ3n) is 0.518. The summed E-state index contributed by atoms with van der Waals surface area (Å²) in [5.41, 5.74) is 1.17. The van der Waals surface area contributed by atoms with Crippen molar-refractivity contribution in [1.82, 2.24) is 0 Å². The molecule has 0 radical (unpaired) electrons. The van der Waals surface area contributed by atoms with E-state index in [1.807, 2.05) is 26.8 Å². The minimum Gasteiger partial charge on any atom is -0.473 e. The molecule has 1 nitrogen and oxygen atoms in total. The summed E-state index contributed by atoms with van der Waals surface area (Å²) in [5, 5.41) is 0. The van der Waals surface area contributed by atoms with Gasteiger partial charge in [0.05, 0.1) is 12.5 Å². The van der Waals surface area contributed by atoms with E-state index in [-0.39, 0.29) is 0 Å². The number of rotatable bonds is 2. The van der Waals surface area contributed by atoms with Gasteiger partial charge >= 0.3 is 0 Å². The third-order valence-corrected chi connectivity index (χ3v) is 0.518. The van der Waals surface area contributed by atoms with E-state index in [2.05, 4.69) is 0 Å². The lowest BCUT2D eigenvalue weighted by molar-refractivity contribution is 0.397. The van der Waals surface area contributed by atoms with Crippen molar-refractivity contribution >= 4 is 0 Å². The Morgan fingerprint density at radius 3 is 2.38 bits per heavy atom. The maximum Gasteiger partial charge on any atom is 0.0887 e. The first-order valence-corrected chi connectivity index (χ1v) is 2.67. The van der Waals surface area contributed by atoms with Crippen molar-refractivity contribution in [3.05, 3.63) is 24.2 Å². The standard InChI is InChI=1S/C7H12O/c1-4-5-8-6-7(2)3/h4-6H,1-3H3/b5-4+. The fourth-order valence-electron chi connectivity index (χ4n) is 0.254. The zero-order chi connectivity index (χ0) is 6.41. The van der Waals surface area contributed by atoms with E-state index in [0.717, 1.165) is 0 Å². The fourth-order valence-corrected chi connectivity index (χ4v) is 0.254. The van der Waals surface area contributed by atoms with Crippen LogP contribution in [0.1, 0.15) is 20.8 Å². The second-order valence-corrected chi connectivity index (χ2v) is 1.80. The van der Waals surface area contributed by atoms with Crippen LogP contribution < -0.4 is 0 Å². The Kier molecular flexibility index (Phi) is 4.04. The molecule has 8 heavy (non-hydrogen) atoms. The molecule has 0 aliphatic carbocycles. The topological polar surface area (TPSA) is 9.23 Å². The summed E-state index contributed by atoms with van der Waals surface area (Å²) in [6.45, 7) is 5.89. The molecule has 0 bridgehead atoms. The highest BCUT2D eigenvalue weighted by molar-refractivity contribution is 4.88. The lowest BCUT2D eigenvalue weighted by Crippen LogP contribution is -1.66. The molecule has 0 saturated heterocycles. The number of allylic oxidation sites excluding steroid dienone is 2. The molecule has 46 valence electrons. The highest BCUT2D eigenvalue weighted by Gasteiger charge is 1.70. The molecule has 0 aliphatic heterocycles. The van der Waals surface area contributed by atoms with Gasteiger partial charge in [-0.2, -0.15) is 0 Å². The van der Waals surface area contributed by atoms with Crippen molar-refractivity contribution in [2.24, 2.45) is 0 Å². The molecule has 0 atom stereocenters. The first kappa shape index (κ1) is 7.28. The predicted molar refractivity (Wildman–Crippen MR) is 35.3 cm³/mol. The SMILES string of the molecule is C/C=C/OC=C(C)C. The molecule has 0 fully saturated rings. The summed E-state index contributed by atoms with van der Waals surface area (Å²) in [4.78, 5) is 0. The van der Waals surface area contributed by atoms with Crippen molar-refractivity contribution in [2.75, 3.05) is 0 Å². The van der Waals surface area contributed by atoms with Crippen molar-refractivity contribution in [3.63, 3.8) is 0 Å². The Hall–Kier alpha value is -0.720. The first-order chi connectivity index (χ1) is 3.77. The van der Waals surface area contributed by atoms with Gasteiger partial charge in [-0.15, -0.1) is 0 Å². The van der Waals surface area contributed by atoms with Gasteiger partial charge in [0.25, 0.3) is 0 Å². The lowest BCUT2D eigenvalue weighted by atomic mass is 10.4. The van der Waals surface area contributed by atoms with Crippen molar-refractivity contribution in [3.8, 4) is 0 Å². The van der Waals surface area contributed by atoms with Crippen molar-refractivity contribution < 1.29 is 4.74 Å². The van der Waals surface area contributed by atoms with Crippen LogP contribution in [-0.4, -0.2) is 0 Å². The summed E-state index contributed by atoms with van der Waals surface area (Å²) in [6, 6.07) is 0. The summed E-state index contributed by atoms with van der Waals surface area (Å²) < 4.78 is 4.90. The van der Waals surface area contributed by atoms with Gasteiger partial charge in [0.1, 0.15) is 0 Å². The van der Waals surface area contributed by atoms with Gasteiger partial charge in [-0.25, -0.2) is 0 Å². The molecule has 0 saturated carbocycles. The monoisotopic (exact) mass is 112 g/mol. The zero-order valence-electron chi connectivity index (χ0n) is 5.64. The summed E-state index contributed by atoms with van der Waals surface area (Å²) in [7, 11) is 0. The molecule has 0 aliphatic rings. The number of ether oxygens (including phenoxy) is 1. The Balaban J connectivity index is 3.30. The predicted octanol–water partition coefficient (Wildman–Crippen LogP) is 2.46. The molecule has 0 heterocycles. The third kappa shape index (κ3) is 5.28. The van der Waals surface area contributed by atoms with E-state index in [1.165, 1.54) is 5.57 Å².